The van der Waals surface area contributed by atoms with Gasteiger partial charge in [0.15, 0.2) is 0 Å². The van der Waals surface area contributed by atoms with Crippen molar-refractivity contribution < 1.29 is 0 Å². The monoisotopic (exact) mass is 321 g/mol. The molecule has 2 aromatic carbocycles. The van der Waals surface area contributed by atoms with Crippen LogP contribution >= 0.6 is 0 Å². The van der Waals surface area contributed by atoms with Crippen molar-refractivity contribution in [3.8, 4) is 0 Å². The van der Waals surface area contributed by atoms with Crippen LogP contribution in [0.4, 0.5) is 5.69 Å². The Bertz CT molecular complexity index is 920. The van der Waals surface area contributed by atoms with Gasteiger partial charge in [0.05, 0.1) is 5.70 Å². The quantitative estimate of drug-likeness (QED) is 0.451. The van der Waals surface area contributed by atoms with E-state index in [1.54, 1.807) is 0 Å². The number of benzene rings is 2. The fraction of sp³-hybridized carbons (Fsp3) is 0.211. The van der Waals surface area contributed by atoms with E-state index in [1.165, 1.54) is 39.8 Å². The Kier molecular flexibility index (Phi) is 4.53. The number of hydrogen-bond donors (Lipinski definition) is 5. The van der Waals surface area contributed by atoms with E-state index in [1.807, 2.05) is 7.05 Å². The van der Waals surface area contributed by atoms with E-state index in [9.17, 15) is 0 Å². The number of fused-ring (bicyclic) bond motifs is 3. The Balaban J connectivity index is 2.21. The van der Waals surface area contributed by atoms with Crippen molar-refractivity contribution in [2.24, 2.45) is 5.73 Å². The van der Waals surface area contributed by atoms with Crippen LogP contribution in [0, 0.1) is 12.3 Å². The second-order valence-corrected chi connectivity index (χ2v) is 5.98. The SMILES string of the molecule is CNCCc1cc(NC(C=N)=CN)cc2c1[nH]c1ccc(C)cc12. The summed E-state index contributed by atoms with van der Waals surface area (Å²) in [4.78, 5) is 3.55. The molecular formula is C19H23N5. The first-order chi connectivity index (χ1) is 11.7. The second kappa shape index (κ2) is 6.76. The molecule has 0 aliphatic heterocycles. The molecule has 0 atom stereocenters. The maximum absolute atomic E-state index is 7.41. The van der Waals surface area contributed by atoms with Gasteiger partial charge in [0.25, 0.3) is 0 Å². The summed E-state index contributed by atoms with van der Waals surface area (Å²) in [7, 11) is 1.96. The predicted octanol–water partition coefficient (Wildman–Crippen LogP) is 3.25. The van der Waals surface area contributed by atoms with Gasteiger partial charge in [-0.05, 0) is 56.8 Å². The lowest BCUT2D eigenvalue weighted by atomic mass is 10.0. The van der Waals surface area contributed by atoms with Crippen LogP contribution in [0.25, 0.3) is 21.8 Å². The molecule has 24 heavy (non-hydrogen) atoms. The van der Waals surface area contributed by atoms with Crippen molar-refractivity contribution in [1.29, 1.82) is 5.41 Å². The smallest absolute Gasteiger partial charge is 0.0720 e. The first-order valence-corrected chi connectivity index (χ1v) is 8.05. The van der Waals surface area contributed by atoms with Crippen molar-refractivity contribution >= 4 is 33.7 Å². The number of nitrogens with two attached hydrogens (primary N) is 1. The largest absolute Gasteiger partial charge is 0.403 e. The molecule has 124 valence electrons. The molecule has 0 unspecified atom stereocenters. The summed E-state index contributed by atoms with van der Waals surface area (Å²) in [5.41, 5.74) is 11.9. The highest BCUT2D eigenvalue weighted by Crippen LogP contribution is 2.32. The fourth-order valence-electron chi connectivity index (χ4n) is 3.01. The third-order valence-corrected chi connectivity index (χ3v) is 4.21. The molecule has 0 radical (unpaired) electrons. The van der Waals surface area contributed by atoms with Gasteiger partial charge in [-0.3, -0.25) is 0 Å². The molecule has 0 aliphatic carbocycles. The zero-order valence-electron chi connectivity index (χ0n) is 14.0. The molecule has 3 rings (SSSR count). The molecule has 0 fully saturated rings. The van der Waals surface area contributed by atoms with E-state index in [2.05, 4.69) is 52.9 Å². The summed E-state index contributed by atoms with van der Waals surface area (Å²) >= 11 is 0. The molecule has 0 aliphatic rings. The van der Waals surface area contributed by atoms with Gasteiger partial charge in [-0.15, -0.1) is 0 Å². The van der Waals surface area contributed by atoms with Crippen LogP contribution in [0.5, 0.6) is 0 Å². The Morgan fingerprint density at radius 2 is 2.08 bits per heavy atom. The van der Waals surface area contributed by atoms with Crippen LogP contribution in [-0.2, 0) is 6.42 Å². The third-order valence-electron chi connectivity index (χ3n) is 4.21. The number of aromatic amines is 1. The molecule has 0 saturated heterocycles. The Morgan fingerprint density at radius 3 is 2.79 bits per heavy atom. The molecule has 0 saturated carbocycles. The topological polar surface area (TPSA) is 89.7 Å². The number of aromatic nitrogens is 1. The molecule has 1 aromatic heterocycles. The minimum absolute atomic E-state index is 0.574. The normalized spacial score (nSPS) is 12.0. The molecule has 0 bridgehead atoms. The van der Waals surface area contributed by atoms with Gasteiger partial charge in [-0.1, -0.05) is 11.6 Å². The van der Waals surface area contributed by atoms with E-state index in [4.69, 9.17) is 11.1 Å². The number of rotatable bonds is 6. The van der Waals surface area contributed by atoms with Crippen LogP contribution in [0.1, 0.15) is 11.1 Å². The Hall–Kier alpha value is -2.79. The number of hydrogen-bond acceptors (Lipinski definition) is 4. The maximum Gasteiger partial charge on any atom is 0.0720 e. The Morgan fingerprint density at radius 1 is 1.25 bits per heavy atom. The molecule has 3 aromatic rings. The van der Waals surface area contributed by atoms with E-state index < -0.39 is 0 Å². The minimum Gasteiger partial charge on any atom is -0.403 e. The first kappa shape index (κ1) is 16.1. The summed E-state index contributed by atoms with van der Waals surface area (Å²) in [6, 6.07) is 10.7. The molecule has 0 amide bonds. The van der Waals surface area contributed by atoms with Gasteiger partial charge in [-0.25, -0.2) is 0 Å². The average Bonchev–Trinajstić information content (AvgIpc) is 2.95. The molecular weight excluding hydrogens is 298 g/mol. The number of allylic oxidation sites excluding steroid dienone is 1. The third kappa shape index (κ3) is 2.98. The number of likely N-dealkylation sites (N-methyl/N-ethyl adjacent to an activating group) is 1. The summed E-state index contributed by atoms with van der Waals surface area (Å²) in [5.74, 6) is 0. The van der Waals surface area contributed by atoms with E-state index in [0.29, 0.717) is 5.70 Å². The first-order valence-electron chi connectivity index (χ1n) is 8.05. The van der Waals surface area contributed by atoms with Crippen molar-refractivity contribution in [2.75, 3.05) is 18.9 Å². The van der Waals surface area contributed by atoms with Crippen LogP contribution in [0.15, 0.2) is 42.2 Å². The van der Waals surface area contributed by atoms with Crippen molar-refractivity contribution in [2.45, 2.75) is 13.3 Å². The lowest BCUT2D eigenvalue weighted by Gasteiger charge is -2.10. The van der Waals surface area contributed by atoms with Crippen molar-refractivity contribution in [3.63, 3.8) is 0 Å². The molecule has 0 spiro atoms. The van der Waals surface area contributed by atoms with Gasteiger partial charge < -0.3 is 26.8 Å². The zero-order chi connectivity index (χ0) is 17.1. The van der Waals surface area contributed by atoms with Gasteiger partial charge in [0.2, 0.25) is 0 Å². The predicted molar refractivity (Wildman–Crippen MR) is 103 cm³/mol. The van der Waals surface area contributed by atoms with Crippen LogP contribution in [0.3, 0.4) is 0 Å². The van der Waals surface area contributed by atoms with Crippen molar-refractivity contribution in [3.05, 3.63) is 53.4 Å². The summed E-state index contributed by atoms with van der Waals surface area (Å²) in [6.07, 6.45) is 3.54. The number of H-pyrrole nitrogens is 1. The van der Waals surface area contributed by atoms with Crippen molar-refractivity contribution in [1.82, 2.24) is 10.3 Å². The van der Waals surface area contributed by atoms with Gasteiger partial charge in [0.1, 0.15) is 0 Å². The lowest BCUT2D eigenvalue weighted by Crippen LogP contribution is -2.11. The minimum atomic E-state index is 0.574. The highest BCUT2D eigenvalue weighted by Gasteiger charge is 2.11. The second-order valence-electron chi connectivity index (χ2n) is 5.98. The van der Waals surface area contributed by atoms with Gasteiger partial charge >= 0.3 is 0 Å². The molecule has 5 heteroatoms. The molecule has 5 nitrogen and oxygen atoms in total. The fourth-order valence-corrected chi connectivity index (χ4v) is 3.01. The molecule has 6 N–H and O–H groups in total. The number of anilines is 1. The zero-order valence-corrected chi connectivity index (χ0v) is 14.0. The lowest BCUT2D eigenvalue weighted by molar-refractivity contribution is 0.794. The summed E-state index contributed by atoms with van der Waals surface area (Å²) in [6.45, 7) is 3.00. The standard InChI is InChI=1S/C19H23N5/c1-12-3-4-18-16(7-12)17-9-14(23-15(10-20)11-21)8-13(5-6-22-2)19(17)24-18/h3-4,7-11,20,22-24H,5-6,21H2,1-2H3. The number of aryl methyl sites for hydroxylation is 1. The summed E-state index contributed by atoms with van der Waals surface area (Å²) in [5, 5.41) is 16.2. The molecule has 1 heterocycles. The van der Waals surface area contributed by atoms with E-state index >= 15 is 0 Å². The van der Waals surface area contributed by atoms with Gasteiger partial charge in [0, 0.05) is 39.9 Å². The number of nitrogens with one attached hydrogen (secondary N) is 4. The highest BCUT2D eigenvalue weighted by atomic mass is 14.9. The van der Waals surface area contributed by atoms with Crippen LogP contribution < -0.4 is 16.4 Å². The van der Waals surface area contributed by atoms with Gasteiger partial charge in [-0.2, -0.15) is 0 Å². The van der Waals surface area contributed by atoms with E-state index in [0.717, 1.165) is 24.2 Å². The highest BCUT2D eigenvalue weighted by molar-refractivity contribution is 6.09. The van der Waals surface area contributed by atoms with Crippen LogP contribution in [0.2, 0.25) is 0 Å². The average molecular weight is 321 g/mol. The summed E-state index contributed by atoms with van der Waals surface area (Å²) < 4.78 is 0. The van der Waals surface area contributed by atoms with Crippen LogP contribution in [-0.4, -0.2) is 24.8 Å². The van der Waals surface area contributed by atoms with E-state index in [-0.39, 0.29) is 0 Å². The Labute approximate surface area is 141 Å². The maximum atomic E-state index is 7.41.